The molecule has 0 bridgehead atoms. The smallest absolute Gasteiger partial charge is 0.238 e. The molecule has 0 radical (unpaired) electrons. The molecule has 0 amide bonds. The molecule has 5 aromatic carbocycles. The lowest BCUT2D eigenvalue weighted by Gasteiger charge is -2.14. The molecule has 240 valence electrons. The number of fused-ring (bicyclic) bond motifs is 10. The highest BCUT2D eigenvalue weighted by Crippen LogP contribution is 2.43. The summed E-state index contributed by atoms with van der Waals surface area (Å²) in [6.45, 7) is 0. The van der Waals surface area contributed by atoms with Crippen LogP contribution in [0.2, 0.25) is 0 Å². The molecule has 0 N–H and O–H groups in total. The van der Waals surface area contributed by atoms with Crippen LogP contribution in [-0.4, -0.2) is 29.1 Å². The van der Waals surface area contributed by atoms with Crippen LogP contribution in [0.5, 0.6) is 0 Å². The van der Waals surface area contributed by atoms with Gasteiger partial charge in [-0.25, -0.2) is 4.98 Å². The van der Waals surface area contributed by atoms with E-state index in [1.807, 2.05) is 72.0 Å². The number of allylic oxidation sites excluding steroid dienone is 1. The van der Waals surface area contributed by atoms with Crippen LogP contribution in [-0.2, 0) is 6.42 Å². The first-order valence-corrected chi connectivity index (χ1v) is 18.0. The minimum Gasteiger partial charge on any atom is -0.311 e. The maximum absolute atomic E-state index is 5.12. The largest absolute Gasteiger partial charge is 0.311 e. The van der Waals surface area contributed by atoms with E-state index >= 15 is 0 Å². The summed E-state index contributed by atoms with van der Waals surface area (Å²) in [5.74, 6) is 1.87. The van der Waals surface area contributed by atoms with Gasteiger partial charge in [-0.3, -0.25) is 9.55 Å². The summed E-state index contributed by atoms with van der Waals surface area (Å²) in [7, 11) is 0. The number of aromatic nitrogens is 6. The molecule has 7 heteroatoms. The molecular weight excluding hydrogens is 645 g/mol. The van der Waals surface area contributed by atoms with Gasteiger partial charge in [0.1, 0.15) is 0 Å². The minimum absolute atomic E-state index is 0.589. The van der Waals surface area contributed by atoms with Gasteiger partial charge < -0.3 is 4.57 Å². The number of hydrogen-bond acceptors (Lipinski definition) is 5. The molecule has 51 heavy (non-hydrogen) atoms. The van der Waals surface area contributed by atoms with E-state index in [1.165, 1.54) is 36.9 Å². The second kappa shape index (κ2) is 11.0. The molecule has 10 aromatic rings. The van der Waals surface area contributed by atoms with Crippen LogP contribution in [0, 0.1) is 0 Å². The Balaban J connectivity index is 1.20. The third-order valence-electron chi connectivity index (χ3n) is 10.1. The highest BCUT2D eigenvalue weighted by molar-refractivity contribution is 7.26. The molecule has 5 aromatic heterocycles. The Morgan fingerprint density at radius 2 is 1.27 bits per heavy atom. The Hall–Kier alpha value is -6.44. The predicted octanol–water partition coefficient (Wildman–Crippen LogP) is 11.0. The Morgan fingerprint density at radius 3 is 2.06 bits per heavy atom. The van der Waals surface area contributed by atoms with E-state index in [1.54, 1.807) is 0 Å². The van der Waals surface area contributed by atoms with E-state index in [0.29, 0.717) is 17.6 Å². The van der Waals surface area contributed by atoms with Gasteiger partial charge in [-0.2, -0.15) is 9.97 Å². The molecule has 0 saturated heterocycles. The number of para-hydroxylation sites is 1. The van der Waals surface area contributed by atoms with Crippen molar-refractivity contribution in [3.8, 4) is 34.4 Å². The molecule has 0 fully saturated rings. The second-order valence-corrected chi connectivity index (χ2v) is 14.1. The van der Waals surface area contributed by atoms with Crippen molar-refractivity contribution < 1.29 is 0 Å². The monoisotopic (exact) mass is 672 g/mol. The maximum atomic E-state index is 5.12. The van der Waals surface area contributed by atoms with E-state index in [9.17, 15) is 0 Å². The van der Waals surface area contributed by atoms with Crippen LogP contribution >= 0.6 is 11.3 Å². The van der Waals surface area contributed by atoms with Gasteiger partial charge in [-0.15, -0.1) is 11.3 Å². The van der Waals surface area contributed by atoms with Crippen molar-refractivity contribution in [3.05, 3.63) is 151 Å². The van der Waals surface area contributed by atoms with Crippen molar-refractivity contribution >= 4 is 70.4 Å². The van der Waals surface area contributed by atoms with Gasteiger partial charge in [-0.1, -0.05) is 109 Å². The fourth-order valence-corrected chi connectivity index (χ4v) is 8.93. The zero-order valence-electron chi connectivity index (χ0n) is 27.4. The van der Waals surface area contributed by atoms with Crippen LogP contribution in [0.25, 0.3) is 93.5 Å². The highest BCUT2D eigenvalue weighted by Gasteiger charge is 2.25. The van der Waals surface area contributed by atoms with Gasteiger partial charge in [0, 0.05) is 60.5 Å². The Bertz CT molecular complexity index is 2970. The van der Waals surface area contributed by atoms with Gasteiger partial charge in [0.25, 0.3) is 0 Å². The topological polar surface area (TPSA) is 61.4 Å². The average molecular weight is 673 g/mol. The van der Waals surface area contributed by atoms with Gasteiger partial charge >= 0.3 is 0 Å². The summed E-state index contributed by atoms with van der Waals surface area (Å²) in [4.78, 5) is 20.3. The van der Waals surface area contributed by atoms with E-state index < -0.39 is 0 Å². The number of hydrogen-bond donors (Lipinski definition) is 0. The fraction of sp³-hybridized carbons (Fsp3) is 0.0455. The summed E-state index contributed by atoms with van der Waals surface area (Å²) >= 11 is 1.81. The first-order valence-electron chi connectivity index (χ1n) is 17.2. The molecule has 0 saturated carbocycles. The second-order valence-electron chi connectivity index (χ2n) is 13.0. The fourth-order valence-electron chi connectivity index (χ4n) is 7.85. The Labute approximate surface area is 296 Å². The van der Waals surface area contributed by atoms with Crippen molar-refractivity contribution in [2.75, 3.05) is 0 Å². The van der Waals surface area contributed by atoms with Crippen molar-refractivity contribution in [3.63, 3.8) is 0 Å². The van der Waals surface area contributed by atoms with E-state index in [4.69, 9.17) is 19.9 Å². The van der Waals surface area contributed by atoms with Crippen molar-refractivity contribution in [1.29, 1.82) is 0 Å². The number of rotatable bonds is 4. The SMILES string of the molecule is C1=Cc2c(n(-c3ccc4c(c3)c3ccccc3n4-c3nc(-c4ccccc4)nc(-c4ccccc4)n3)c3c2ncc2sc4ccccc4c23)CC1. The highest BCUT2D eigenvalue weighted by atomic mass is 32.1. The number of pyridine rings is 1. The first kappa shape index (κ1) is 28.4. The van der Waals surface area contributed by atoms with Crippen LogP contribution in [0.3, 0.4) is 0 Å². The van der Waals surface area contributed by atoms with Crippen LogP contribution < -0.4 is 0 Å². The van der Waals surface area contributed by atoms with E-state index in [-0.39, 0.29) is 0 Å². The normalized spacial score (nSPS) is 12.9. The lowest BCUT2D eigenvalue weighted by atomic mass is 10.0. The molecule has 11 rings (SSSR count). The molecule has 5 heterocycles. The molecule has 0 aliphatic heterocycles. The van der Waals surface area contributed by atoms with Gasteiger partial charge in [0.15, 0.2) is 11.6 Å². The minimum atomic E-state index is 0.589. The average Bonchev–Trinajstić information content (AvgIpc) is 3.86. The summed E-state index contributed by atoms with van der Waals surface area (Å²) in [5, 5.41) is 4.84. The van der Waals surface area contributed by atoms with Crippen molar-refractivity contribution in [2.24, 2.45) is 0 Å². The van der Waals surface area contributed by atoms with E-state index in [2.05, 4.69) is 94.2 Å². The third kappa shape index (κ3) is 4.28. The molecule has 1 aliphatic rings. The third-order valence-corrected chi connectivity index (χ3v) is 11.2. The Kier molecular flexibility index (Phi) is 6.15. The molecule has 0 atom stereocenters. The lowest BCUT2D eigenvalue weighted by molar-refractivity contribution is 0.890. The molecule has 0 spiro atoms. The number of thiophene rings is 1. The van der Waals surface area contributed by atoms with Crippen molar-refractivity contribution in [2.45, 2.75) is 12.8 Å². The zero-order valence-corrected chi connectivity index (χ0v) is 28.2. The quantitative estimate of drug-likeness (QED) is 0.187. The molecular formula is C44H28N6S. The van der Waals surface area contributed by atoms with Gasteiger partial charge in [0.05, 0.1) is 26.8 Å². The standard InChI is InChI=1S/C44H28N6S/c1-3-13-27(14-4-1)42-46-43(28-15-5-2-6-16-28)48-44(47-42)50-34-20-10-7-17-30(34)33-25-29(23-24-36(33)50)49-35-21-11-8-18-31(35)40-41(49)39-32-19-9-12-22-37(32)51-38(39)26-45-40/h1-10,12-20,22-26H,11,21H2. The van der Waals surface area contributed by atoms with Gasteiger partial charge in [0.2, 0.25) is 5.95 Å². The van der Waals surface area contributed by atoms with Gasteiger partial charge in [-0.05, 0) is 43.2 Å². The van der Waals surface area contributed by atoms with Crippen LogP contribution in [0.4, 0.5) is 0 Å². The number of nitrogens with zero attached hydrogens (tertiary/aromatic N) is 6. The Morgan fingerprint density at radius 1 is 0.588 bits per heavy atom. The summed E-state index contributed by atoms with van der Waals surface area (Å²) in [6, 6.07) is 44.4. The van der Waals surface area contributed by atoms with E-state index in [0.717, 1.165) is 57.0 Å². The van der Waals surface area contributed by atoms with Crippen LogP contribution in [0.15, 0.2) is 140 Å². The predicted molar refractivity (Wildman–Crippen MR) is 210 cm³/mol. The lowest BCUT2D eigenvalue weighted by Crippen LogP contribution is -2.06. The summed E-state index contributed by atoms with van der Waals surface area (Å²) in [6.07, 6.45) is 8.58. The zero-order chi connectivity index (χ0) is 33.5. The number of benzene rings is 5. The maximum Gasteiger partial charge on any atom is 0.238 e. The first-order chi connectivity index (χ1) is 25.3. The molecule has 6 nitrogen and oxygen atoms in total. The van der Waals surface area contributed by atoms with Crippen LogP contribution in [0.1, 0.15) is 17.7 Å². The molecule has 1 aliphatic carbocycles. The summed E-state index contributed by atoms with van der Waals surface area (Å²) < 4.78 is 7.16. The molecule has 0 unspecified atom stereocenters. The van der Waals surface area contributed by atoms with Crippen molar-refractivity contribution in [1.82, 2.24) is 29.1 Å². The summed E-state index contributed by atoms with van der Waals surface area (Å²) in [5.41, 5.74) is 9.88.